The molecule has 5 heteroatoms. The zero-order valence-corrected chi connectivity index (χ0v) is 5.91. The summed E-state index contributed by atoms with van der Waals surface area (Å²) < 4.78 is 0. The lowest BCUT2D eigenvalue weighted by molar-refractivity contribution is -0.125. The lowest BCUT2D eigenvalue weighted by Crippen LogP contribution is -2.44. The minimum absolute atomic E-state index is 0.0281. The molecule has 5 nitrogen and oxygen atoms in total. The third-order valence-electron chi connectivity index (χ3n) is 1.42. The van der Waals surface area contributed by atoms with Gasteiger partial charge in [0.1, 0.15) is 6.17 Å². The first kappa shape index (κ1) is 7.74. The molecule has 1 unspecified atom stereocenters. The Balaban J connectivity index is 2.75. The Bertz CT molecular complexity index is 198. The van der Waals surface area contributed by atoms with Crippen LogP contribution in [-0.4, -0.2) is 29.5 Å². The predicted molar refractivity (Wildman–Crippen MR) is 38.4 cm³/mol. The topological polar surface area (TPSA) is 75.4 Å². The van der Waals surface area contributed by atoms with Gasteiger partial charge in [0, 0.05) is 0 Å². The Kier molecular flexibility index (Phi) is 1.91. The van der Waals surface area contributed by atoms with E-state index in [9.17, 15) is 9.59 Å². The molecule has 11 heavy (non-hydrogen) atoms. The number of rotatable bonds is 2. The fourth-order valence-corrected chi connectivity index (χ4v) is 0.842. The number of carbonyl (C=O) groups is 2. The van der Waals surface area contributed by atoms with Crippen LogP contribution >= 0.6 is 0 Å². The average molecular weight is 155 g/mol. The molecule has 1 saturated heterocycles. The van der Waals surface area contributed by atoms with Crippen LogP contribution in [0.2, 0.25) is 0 Å². The van der Waals surface area contributed by atoms with Crippen LogP contribution in [0.4, 0.5) is 4.79 Å². The number of nitrogens with two attached hydrogens (primary N) is 1. The second kappa shape index (κ2) is 2.71. The number of amides is 3. The van der Waals surface area contributed by atoms with E-state index in [1.807, 2.05) is 0 Å². The molecular formula is C6H9N3O2. The molecule has 1 heterocycles. The van der Waals surface area contributed by atoms with Crippen molar-refractivity contribution in [2.75, 3.05) is 6.54 Å². The van der Waals surface area contributed by atoms with Gasteiger partial charge in [0.2, 0.25) is 0 Å². The van der Waals surface area contributed by atoms with Crippen molar-refractivity contribution >= 4 is 11.9 Å². The van der Waals surface area contributed by atoms with Crippen molar-refractivity contribution in [1.29, 1.82) is 0 Å². The first-order valence-corrected chi connectivity index (χ1v) is 3.15. The van der Waals surface area contributed by atoms with Gasteiger partial charge in [-0.25, -0.2) is 9.69 Å². The fourth-order valence-electron chi connectivity index (χ4n) is 0.842. The van der Waals surface area contributed by atoms with Crippen LogP contribution in [0, 0.1) is 0 Å². The molecule has 1 rings (SSSR count). The van der Waals surface area contributed by atoms with Crippen LogP contribution in [0.1, 0.15) is 0 Å². The molecule has 0 spiro atoms. The lowest BCUT2D eigenvalue weighted by atomic mass is 10.4. The quantitative estimate of drug-likeness (QED) is 0.397. The second-order valence-electron chi connectivity index (χ2n) is 2.15. The SMILES string of the molecule is C=CC(N)N1C(=O)CNC1=O. The normalized spacial score (nSPS) is 19.9. The fraction of sp³-hybridized carbons (Fsp3) is 0.333. The first-order valence-electron chi connectivity index (χ1n) is 3.15. The van der Waals surface area contributed by atoms with Crippen molar-refractivity contribution in [3.8, 4) is 0 Å². The van der Waals surface area contributed by atoms with E-state index in [-0.39, 0.29) is 12.5 Å². The van der Waals surface area contributed by atoms with E-state index in [1.54, 1.807) is 0 Å². The van der Waals surface area contributed by atoms with E-state index >= 15 is 0 Å². The van der Waals surface area contributed by atoms with Gasteiger partial charge in [-0.1, -0.05) is 12.7 Å². The van der Waals surface area contributed by atoms with E-state index in [0.29, 0.717) is 0 Å². The highest BCUT2D eigenvalue weighted by Crippen LogP contribution is 2.01. The van der Waals surface area contributed by atoms with Crippen molar-refractivity contribution in [3.05, 3.63) is 12.7 Å². The molecule has 0 aliphatic carbocycles. The number of carbonyl (C=O) groups excluding carboxylic acids is 2. The van der Waals surface area contributed by atoms with Crippen molar-refractivity contribution in [3.63, 3.8) is 0 Å². The summed E-state index contributed by atoms with van der Waals surface area (Å²) in [5.41, 5.74) is 5.39. The van der Waals surface area contributed by atoms with Gasteiger partial charge >= 0.3 is 6.03 Å². The average Bonchev–Trinajstić information content (AvgIpc) is 2.30. The standard InChI is InChI=1S/C6H9N3O2/c1-2-4(7)9-5(10)3-8-6(9)11/h2,4H,1,3,7H2,(H,8,11). The molecule has 1 atom stereocenters. The molecule has 1 fully saturated rings. The molecule has 60 valence electrons. The van der Waals surface area contributed by atoms with Crippen molar-refractivity contribution in [1.82, 2.24) is 10.2 Å². The summed E-state index contributed by atoms with van der Waals surface area (Å²) in [6, 6.07) is -0.456. The monoisotopic (exact) mass is 155 g/mol. The van der Waals surface area contributed by atoms with Crippen molar-refractivity contribution in [2.24, 2.45) is 5.73 Å². The zero-order chi connectivity index (χ0) is 8.43. The Morgan fingerprint density at radius 2 is 2.36 bits per heavy atom. The van der Waals surface area contributed by atoms with Crippen LogP contribution in [-0.2, 0) is 4.79 Å². The van der Waals surface area contributed by atoms with E-state index in [2.05, 4.69) is 11.9 Å². The number of urea groups is 1. The van der Waals surface area contributed by atoms with Gasteiger partial charge in [-0.15, -0.1) is 0 Å². The summed E-state index contributed by atoms with van der Waals surface area (Å²) in [6.07, 6.45) is 0.619. The van der Waals surface area contributed by atoms with E-state index < -0.39 is 12.2 Å². The predicted octanol–water partition coefficient (Wildman–Crippen LogP) is -0.991. The minimum atomic E-state index is -0.718. The maximum absolute atomic E-state index is 10.9. The molecule has 0 saturated carbocycles. The molecule has 0 aromatic carbocycles. The Morgan fingerprint density at radius 1 is 1.73 bits per heavy atom. The highest BCUT2D eigenvalue weighted by atomic mass is 16.2. The van der Waals surface area contributed by atoms with Crippen LogP contribution in [0.15, 0.2) is 12.7 Å². The number of nitrogens with zero attached hydrogens (tertiary/aromatic N) is 1. The van der Waals surface area contributed by atoms with E-state index in [0.717, 1.165) is 4.90 Å². The number of imide groups is 1. The smallest absolute Gasteiger partial charge is 0.326 e. The summed E-state index contributed by atoms with van der Waals surface area (Å²) in [5.74, 6) is -0.317. The molecule has 0 bridgehead atoms. The second-order valence-corrected chi connectivity index (χ2v) is 2.15. The highest BCUT2D eigenvalue weighted by molar-refractivity contribution is 6.02. The van der Waals surface area contributed by atoms with Crippen LogP contribution in [0.25, 0.3) is 0 Å². The molecule has 0 aromatic rings. The number of hydrogen-bond acceptors (Lipinski definition) is 3. The van der Waals surface area contributed by atoms with Gasteiger partial charge in [0.05, 0.1) is 6.54 Å². The van der Waals surface area contributed by atoms with Crippen LogP contribution in [0.5, 0.6) is 0 Å². The van der Waals surface area contributed by atoms with Gasteiger partial charge in [-0.3, -0.25) is 4.79 Å². The van der Waals surface area contributed by atoms with E-state index in [4.69, 9.17) is 5.73 Å². The third-order valence-corrected chi connectivity index (χ3v) is 1.42. The minimum Gasteiger partial charge on any atom is -0.328 e. The molecule has 0 aromatic heterocycles. The largest absolute Gasteiger partial charge is 0.328 e. The zero-order valence-electron chi connectivity index (χ0n) is 5.91. The number of hydrogen-bond donors (Lipinski definition) is 2. The van der Waals surface area contributed by atoms with Crippen molar-refractivity contribution < 1.29 is 9.59 Å². The Labute approximate surface area is 63.8 Å². The maximum Gasteiger partial charge on any atom is 0.326 e. The van der Waals surface area contributed by atoms with Crippen molar-refractivity contribution in [2.45, 2.75) is 6.17 Å². The molecule has 1 aliphatic rings. The van der Waals surface area contributed by atoms with E-state index in [1.165, 1.54) is 6.08 Å². The third kappa shape index (κ3) is 1.22. The summed E-state index contributed by atoms with van der Waals surface area (Å²) in [6.45, 7) is 3.40. The summed E-state index contributed by atoms with van der Waals surface area (Å²) in [5, 5.41) is 2.34. The first-order chi connectivity index (χ1) is 5.16. The Hall–Kier alpha value is -1.36. The van der Waals surface area contributed by atoms with Gasteiger partial charge in [-0.05, 0) is 0 Å². The Morgan fingerprint density at radius 3 is 2.73 bits per heavy atom. The highest BCUT2D eigenvalue weighted by Gasteiger charge is 2.31. The van der Waals surface area contributed by atoms with Crippen LogP contribution < -0.4 is 11.1 Å². The molecule has 0 radical (unpaired) electrons. The molecule has 1 aliphatic heterocycles. The maximum atomic E-state index is 10.9. The van der Waals surface area contributed by atoms with Crippen LogP contribution in [0.3, 0.4) is 0 Å². The van der Waals surface area contributed by atoms with Gasteiger partial charge in [0.15, 0.2) is 0 Å². The molecule has 3 amide bonds. The summed E-state index contributed by atoms with van der Waals surface area (Å²) in [4.78, 5) is 22.7. The summed E-state index contributed by atoms with van der Waals surface area (Å²) >= 11 is 0. The summed E-state index contributed by atoms with van der Waals surface area (Å²) in [7, 11) is 0. The number of nitrogens with one attached hydrogen (secondary N) is 1. The van der Waals surface area contributed by atoms with Gasteiger partial charge in [-0.2, -0.15) is 0 Å². The molecule has 3 N–H and O–H groups in total. The molecular weight excluding hydrogens is 146 g/mol. The van der Waals surface area contributed by atoms with Gasteiger partial charge in [0.25, 0.3) is 5.91 Å². The lowest BCUT2D eigenvalue weighted by Gasteiger charge is -2.16. The van der Waals surface area contributed by atoms with Gasteiger partial charge < -0.3 is 11.1 Å².